The molecule has 110 valence electrons. The largest absolute Gasteiger partial charge is 0.375 e. The van der Waals surface area contributed by atoms with Crippen LogP contribution in [0.5, 0.6) is 0 Å². The first-order valence-corrected chi connectivity index (χ1v) is 8.74. The highest BCUT2D eigenvalue weighted by Crippen LogP contribution is 2.45. The summed E-state index contributed by atoms with van der Waals surface area (Å²) in [5.41, 5.74) is 8.00. The van der Waals surface area contributed by atoms with Crippen LogP contribution in [0.1, 0.15) is 37.7 Å². The van der Waals surface area contributed by atoms with Crippen LogP contribution in [0.4, 0.5) is 0 Å². The topological polar surface area (TPSA) is 35.2 Å². The van der Waals surface area contributed by atoms with Gasteiger partial charge in [0.05, 0.1) is 5.60 Å². The lowest BCUT2D eigenvalue weighted by Gasteiger charge is -2.48. The average Bonchev–Trinajstić information content (AvgIpc) is 2.43. The Bertz CT molecular complexity index is 458. The summed E-state index contributed by atoms with van der Waals surface area (Å²) < 4.78 is 6.00. The molecule has 2 unspecified atom stereocenters. The zero-order valence-corrected chi connectivity index (χ0v) is 13.1. The number of thioether (sulfide) groups is 1. The van der Waals surface area contributed by atoms with E-state index >= 15 is 0 Å². The predicted molar refractivity (Wildman–Crippen MR) is 85.1 cm³/mol. The van der Waals surface area contributed by atoms with Crippen molar-refractivity contribution in [3.63, 3.8) is 0 Å². The highest BCUT2D eigenvalue weighted by molar-refractivity contribution is 7.99. The van der Waals surface area contributed by atoms with Crippen LogP contribution in [0.3, 0.4) is 0 Å². The molecule has 1 heterocycles. The SMILES string of the molecule is Cc1cccc(SCC(N)C2CCOC3(CCC3)C2)c1. The molecule has 1 aliphatic heterocycles. The molecule has 1 saturated carbocycles. The molecule has 0 aromatic heterocycles. The van der Waals surface area contributed by atoms with Gasteiger partial charge in [-0.3, -0.25) is 0 Å². The fourth-order valence-electron chi connectivity index (χ4n) is 3.38. The van der Waals surface area contributed by atoms with Crippen molar-refractivity contribution >= 4 is 11.8 Å². The number of hydrogen-bond acceptors (Lipinski definition) is 3. The Morgan fingerprint density at radius 3 is 3.00 bits per heavy atom. The molecule has 2 N–H and O–H groups in total. The first-order chi connectivity index (χ1) is 9.67. The second-order valence-corrected chi connectivity index (χ2v) is 7.52. The van der Waals surface area contributed by atoms with Gasteiger partial charge >= 0.3 is 0 Å². The molecule has 2 nitrogen and oxygen atoms in total. The lowest BCUT2D eigenvalue weighted by atomic mass is 9.71. The third kappa shape index (κ3) is 3.21. The van der Waals surface area contributed by atoms with Gasteiger partial charge in [-0.05, 0) is 57.1 Å². The van der Waals surface area contributed by atoms with Crippen LogP contribution in [0.25, 0.3) is 0 Å². The summed E-state index contributed by atoms with van der Waals surface area (Å²) in [6.07, 6.45) is 6.16. The number of hydrogen-bond donors (Lipinski definition) is 1. The highest BCUT2D eigenvalue weighted by Gasteiger charge is 2.43. The zero-order chi connectivity index (χ0) is 14.0. The zero-order valence-electron chi connectivity index (χ0n) is 12.3. The fourth-order valence-corrected chi connectivity index (χ4v) is 4.49. The van der Waals surface area contributed by atoms with Crippen molar-refractivity contribution in [1.82, 2.24) is 0 Å². The fraction of sp³-hybridized carbons (Fsp3) is 0.647. The molecular formula is C17H25NOS. The van der Waals surface area contributed by atoms with E-state index in [0.717, 1.165) is 18.8 Å². The van der Waals surface area contributed by atoms with E-state index in [4.69, 9.17) is 10.5 Å². The van der Waals surface area contributed by atoms with E-state index in [1.807, 2.05) is 11.8 Å². The molecule has 0 radical (unpaired) electrons. The van der Waals surface area contributed by atoms with Crippen LogP contribution in [-0.4, -0.2) is 24.0 Å². The molecule has 1 spiro atoms. The van der Waals surface area contributed by atoms with Crippen molar-refractivity contribution in [3.05, 3.63) is 29.8 Å². The summed E-state index contributed by atoms with van der Waals surface area (Å²) in [7, 11) is 0. The van der Waals surface area contributed by atoms with Gasteiger partial charge in [-0.25, -0.2) is 0 Å². The van der Waals surface area contributed by atoms with E-state index in [2.05, 4.69) is 31.2 Å². The van der Waals surface area contributed by atoms with Gasteiger partial charge in [0, 0.05) is 23.3 Å². The summed E-state index contributed by atoms with van der Waals surface area (Å²) in [6, 6.07) is 8.99. The van der Waals surface area contributed by atoms with Gasteiger partial charge in [-0.15, -0.1) is 11.8 Å². The minimum absolute atomic E-state index is 0.217. The van der Waals surface area contributed by atoms with Crippen molar-refractivity contribution in [3.8, 4) is 0 Å². The summed E-state index contributed by atoms with van der Waals surface area (Å²) in [5, 5.41) is 0. The molecule has 1 saturated heterocycles. The monoisotopic (exact) mass is 291 g/mol. The quantitative estimate of drug-likeness (QED) is 0.858. The van der Waals surface area contributed by atoms with Crippen molar-refractivity contribution in [2.45, 2.75) is 55.6 Å². The summed E-state index contributed by atoms with van der Waals surface area (Å²) in [6.45, 7) is 3.05. The standard InChI is InChI=1S/C17H25NOS/c1-13-4-2-5-15(10-13)20-12-16(18)14-6-9-19-17(11-14)7-3-8-17/h2,4-5,10,14,16H,3,6-9,11-12,18H2,1H3. The first kappa shape index (κ1) is 14.4. The third-order valence-electron chi connectivity index (χ3n) is 4.83. The average molecular weight is 291 g/mol. The number of benzene rings is 1. The lowest BCUT2D eigenvalue weighted by Crippen LogP contribution is -2.49. The maximum atomic E-state index is 6.46. The maximum absolute atomic E-state index is 6.46. The number of ether oxygens (including phenoxy) is 1. The molecule has 0 amide bonds. The van der Waals surface area contributed by atoms with Gasteiger partial charge in [0.15, 0.2) is 0 Å². The summed E-state index contributed by atoms with van der Waals surface area (Å²) >= 11 is 1.90. The van der Waals surface area contributed by atoms with Crippen LogP contribution >= 0.6 is 11.8 Å². The molecule has 0 bridgehead atoms. The Labute approximate surface area is 126 Å². The molecule has 3 heteroatoms. The van der Waals surface area contributed by atoms with Gasteiger partial charge < -0.3 is 10.5 Å². The minimum Gasteiger partial charge on any atom is -0.375 e. The normalized spacial score (nSPS) is 26.2. The smallest absolute Gasteiger partial charge is 0.0685 e. The van der Waals surface area contributed by atoms with Crippen LogP contribution in [-0.2, 0) is 4.74 Å². The molecule has 2 aliphatic rings. The summed E-state index contributed by atoms with van der Waals surface area (Å²) in [4.78, 5) is 1.34. The predicted octanol–water partition coefficient (Wildman–Crippen LogP) is 3.76. The Balaban J connectivity index is 1.52. The van der Waals surface area contributed by atoms with Gasteiger partial charge in [-0.1, -0.05) is 17.7 Å². The van der Waals surface area contributed by atoms with Gasteiger partial charge in [-0.2, -0.15) is 0 Å². The van der Waals surface area contributed by atoms with Crippen LogP contribution in [0.15, 0.2) is 29.2 Å². The van der Waals surface area contributed by atoms with Crippen LogP contribution < -0.4 is 5.73 Å². The van der Waals surface area contributed by atoms with Crippen molar-refractivity contribution in [2.75, 3.05) is 12.4 Å². The lowest BCUT2D eigenvalue weighted by molar-refractivity contribution is -0.145. The highest BCUT2D eigenvalue weighted by atomic mass is 32.2. The molecular weight excluding hydrogens is 266 g/mol. The van der Waals surface area contributed by atoms with Crippen molar-refractivity contribution < 1.29 is 4.74 Å². The van der Waals surface area contributed by atoms with E-state index < -0.39 is 0 Å². The Hall–Kier alpha value is -0.510. The Morgan fingerprint density at radius 1 is 1.45 bits per heavy atom. The van der Waals surface area contributed by atoms with Crippen LogP contribution in [0, 0.1) is 12.8 Å². The van der Waals surface area contributed by atoms with E-state index in [0.29, 0.717) is 12.0 Å². The molecule has 1 aliphatic carbocycles. The third-order valence-corrected chi connectivity index (χ3v) is 5.97. The maximum Gasteiger partial charge on any atom is 0.0685 e. The number of aryl methyl sites for hydroxylation is 1. The summed E-state index contributed by atoms with van der Waals surface area (Å²) in [5.74, 6) is 1.66. The van der Waals surface area contributed by atoms with Gasteiger partial charge in [0.25, 0.3) is 0 Å². The molecule has 1 aromatic rings. The molecule has 1 aromatic carbocycles. The molecule has 2 atom stereocenters. The molecule has 2 fully saturated rings. The number of rotatable bonds is 4. The second-order valence-electron chi connectivity index (χ2n) is 6.43. The second kappa shape index (κ2) is 6.08. The van der Waals surface area contributed by atoms with Gasteiger partial charge in [0.2, 0.25) is 0 Å². The minimum atomic E-state index is 0.217. The molecule has 20 heavy (non-hydrogen) atoms. The Morgan fingerprint density at radius 2 is 2.30 bits per heavy atom. The van der Waals surface area contributed by atoms with Crippen molar-refractivity contribution in [1.29, 1.82) is 0 Å². The van der Waals surface area contributed by atoms with E-state index in [9.17, 15) is 0 Å². The Kier molecular flexibility index (Phi) is 4.39. The first-order valence-electron chi connectivity index (χ1n) is 7.76. The van der Waals surface area contributed by atoms with Crippen LogP contribution in [0.2, 0.25) is 0 Å². The molecule has 3 rings (SSSR count). The van der Waals surface area contributed by atoms with E-state index in [1.165, 1.54) is 36.1 Å². The van der Waals surface area contributed by atoms with Crippen molar-refractivity contribution in [2.24, 2.45) is 11.7 Å². The van der Waals surface area contributed by atoms with E-state index in [-0.39, 0.29) is 5.60 Å². The van der Waals surface area contributed by atoms with E-state index in [1.54, 1.807) is 0 Å². The number of nitrogens with two attached hydrogens (primary N) is 1. The van der Waals surface area contributed by atoms with Gasteiger partial charge in [0.1, 0.15) is 0 Å².